The summed E-state index contributed by atoms with van der Waals surface area (Å²) in [6.07, 6.45) is 2.06. The van der Waals surface area contributed by atoms with Crippen LogP contribution in [-0.2, 0) is 6.42 Å². The summed E-state index contributed by atoms with van der Waals surface area (Å²) in [6.45, 7) is 3.94. The number of hydrogen-bond donors (Lipinski definition) is 2. The molecule has 0 fully saturated rings. The summed E-state index contributed by atoms with van der Waals surface area (Å²) in [5.41, 5.74) is 8.20. The number of nitrogens with zero attached hydrogens (tertiary/aromatic N) is 3. The average molecular weight is 407 g/mol. The van der Waals surface area contributed by atoms with Gasteiger partial charge in [-0.05, 0) is 43.2 Å². The Balaban J connectivity index is 1.93. The van der Waals surface area contributed by atoms with Crippen molar-refractivity contribution >= 4 is 40.3 Å². The number of benzene rings is 2. The number of hydrazone groups is 1. The van der Waals surface area contributed by atoms with Gasteiger partial charge in [-0.1, -0.05) is 36.7 Å². The highest BCUT2D eigenvalue weighted by Gasteiger charge is 2.24. The van der Waals surface area contributed by atoms with Crippen LogP contribution < -0.4 is 9.83 Å². The van der Waals surface area contributed by atoms with Crippen LogP contribution in [0, 0.1) is 24.1 Å². The zero-order chi connectivity index (χ0) is 20.5. The van der Waals surface area contributed by atoms with E-state index >= 15 is 0 Å². The van der Waals surface area contributed by atoms with Crippen molar-refractivity contribution in [3.63, 3.8) is 0 Å². The standard InChI is InChI=1S/C22H17ClFN5/c1-3-14-13(2)15(11-25)21-27-19-9-4-5-10-20(19)29(21)22(14)28-26-12-16-17(23)7-6-8-18(16)24/h4-10,12H,3H2,1-2H3,(H,27,28)/p+1/b26-12-. The Morgan fingerprint density at radius 3 is 2.79 bits per heavy atom. The van der Waals surface area contributed by atoms with Crippen molar-refractivity contribution in [2.75, 3.05) is 5.43 Å². The third-order valence-corrected chi connectivity index (χ3v) is 5.35. The second-order valence-electron chi connectivity index (χ2n) is 6.62. The van der Waals surface area contributed by atoms with E-state index in [2.05, 4.69) is 21.6 Å². The van der Waals surface area contributed by atoms with E-state index in [4.69, 9.17) is 11.6 Å². The maximum Gasteiger partial charge on any atom is 0.253 e. The third kappa shape index (κ3) is 3.10. The van der Waals surface area contributed by atoms with E-state index < -0.39 is 5.82 Å². The first-order chi connectivity index (χ1) is 14.1. The van der Waals surface area contributed by atoms with Gasteiger partial charge in [-0.15, -0.1) is 5.10 Å². The minimum absolute atomic E-state index is 0.213. The molecule has 0 aliphatic heterocycles. The van der Waals surface area contributed by atoms with Gasteiger partial charge in [0.25, 0.3) is 5.82 Å². The molecule has 0 atom stereocenters. The zero-order valence-electron chi connectivity index (χ0n) is 15.9. The Morgan fingerprint density at radius 2 is 2.07 bits per heavy atom. The Morgan fingerprint density at radius 1 is 1.28 bits per heavy atom. The van der Waals surface area contributed by atoms with Gasteiger partial charge in [0, 0.05) is 5.56 Å². The number of H-pyrrole nitrogens is 1. The van der Waals surface area contributed by atoms with Crippen LogP contribution in [0.15, 0.2) is 47.6 Å². The molecule has 7 heteroatoms. The molecule has 2 aromatic carbocycles. The number of aromatic nitrogens is 2. The van der Waals surface area contributed by atoms with E-state index in [0.717, 1.165) is 28.0 Å². The minimum atomic E-state index is -0.445. The molecule has 0 bridgehead atoms. The van der Waals surface area contributed by atoms with E-state index in [-0.39, 0.29) is 10.6 Å². The molecule has 0 unspecified atom stereocenters. The van der Waals surface area contributed by atoms with Crippen molar-refractivity contribution in [3.05, 3.63) is 75.6 Å². The van der Waals surface area contributed by atoms with Gasteiger partial charge in [-0.2, -0.15) is 15.1 Å². The second kappa shape index (κ2) is 7.53. The van der Waals surface area contributed by atoms with E-state index in [1.165, 1.54) is 12.3 Å². The summed E-state index contributed by atoms with van der Waals surface area (Å²) in [7, 11) is 0. The SMILES string of the molecule is CCc1c(C)c(C#N)c2[nH]c3ccccc3[n+]2c1N/N=C\c1c(F)cccc1Cl. The van der Waals surface area contributed by atoms with Gasteiger partial charge >= 0.3 is 0 Å². The Labute approximate surface area is 172 Å². The van der Waals surface area contributed by atoms with Crippen LogP contribution in [-0.4, -0.2) is 11.2 Å². The largest absolute Gasteiger partial charge is 0.269 e. The van der Waals surface area contributed by atoms with Gasteiger partial charge in [0.15, 0.2) is 0 Å². The fourth-order valence-corrected chi connectivity index (χ4v) is 3.82. The van der Waals surface area contributed by atoms with Crippen LogP contribution in [0.2, 0.25) is 5.02 Å². The normalized spacial score (nSPS) is 11.4. The van der Waals surface area contributed by atoms with Gasteiger partial charge < -0.3 is 0 Å². The van der Waals surface area contributed by atoms with Crippen molar-refractivity contribution in [2.24, 2.45) is 5.10 Å². The van der Waals surface area contributed by atoms with Gasteiger partial charge in [0.05, 0.1) is 16.8 Å². The number of fused-ring (bicyclic) bond motifs is 3. The van der Waals surface area contributed by atoms with Crippen LogP contribution in [0.4, 0.5) is 10.2 Å². The zero-order valence-corrected chi connectivity index (χ0v) is 16.7. The highest BCUT2D eigenvalue weighted by molar-refractivity contribution is 6.33. The Hall–Kier alpha value is -3.43. The summed E-state index contributed by atoms with van der Waals surface area (Å²) in [5, 5.41) is 14.3. The topological polar surface area (TPSA) is 68.1 Å². The number of imidazole rings is 1. The molecular formula is C22H18ClFN5+. The lowest BCUT2D eigenvalue weighted by Gasteiger charge is -2.10. The Bertz CT molecular complexity index is 1300. The van der Waals surface area contributed by atoms with Crippen LogP contribution in [0.1, 0.15) is 29.2 Å². The molecule has 4 aromatic rings. The van der Waals surface area contributed by atoms with Gasteiger partial charge in [-0.3, -0.25) is 4.98 Å². The minimum Gasteiger partial charge on any atom is -0.269 e. The van der Waals surface area contributed by atoms with Crippen molar-refractivity contribution in [1.29, 1.82) is 5.26 Å². The van der Waals surface area contributed by atoms with Crippen LogP contribution >= 0.6 is 11.6 Å². The molecular weight excluding hydrogens is 389 g/mol. The maximum absolute atomic E-state index is 14.0. The molecule has 29 heavy (non-hydrogen) atoms. The molecule has 0 radical (unpaired) electrons. The molecule has 144 valence electrons. The van der Waals surface area contributed by atoms with E-state index in [9.17, 15) is 9.65 Å². The highest BCUT2D eigenvalue weighted by Crippen LogP contribution is 2.26. The highest BCUT2D eigenvalue weighted by atomic mass is 35.5. The Kier molecular flexibility index (Phi) is 4.91. The van der Waals surface area contributed by atoms with Gasteiger partial charge in [-0.25, -0.2) is 4.39 Å². The molecule has 0 aliphatic carbocycles. The number of para-hydroxylation sites is 2. The third-order valence-electron chi connectivity index (χ3n) is 5.02. The first kappa shape index (κ1) is 18.9. The molecule has 0 saturated carbocycles. The number of halogens is 2. The molecule has 4 rings (SSSR count). The van der Waals surface area contributed by atoms with Crippen molar-refractivity contribution in [1.82, 2.24) is 4.98 Å². The predicted molar refractivity (Wildman–Crippen MR) is 113 cm³/mol. The van der Waals surface area contributed by atoms with Crippen molar-refractivity contribution < 1.29 is 8.79 Å². The van der Waals surface area contributed by atoms with Crippen LogP contribution in [0.5, 0.6) is 0 Å². The number of nitrogens with one attached hydrogen (secondary N) is 2. The van der Waals surface area contributed by atoms with E-state index in [1.807, 2.05) is 42.5 Å². The number of rotatable bonds is 4. The lowest BCUT2D eigenvalue weighted by Crippen LogP contribution is -2.28. The lowest BCUT2D eigenvalue weighted by molar-refractivity contribution is -0.465. The number of nitriles is 1. The second-order valence-corrected chi connectivity index (χ2v) is 7.03. The summed E-state index contributed by atoms with van der Waals surface area (Å²) in [5.74, 6) is 0.278. The van der Waals surface area contributed by atoms with Crippen LogP contribution in [0.25, 0.3) is 16.7 Å². The fourth-order valence-electron chi connectivity index (χ4n) is 3.60. The molecule has 0 saturated heterocycles. The molecule has 2 aromatic heterocycles. The quantitative estimate of drug-likeness (QED) is 0.288. The number of hydrogen-bond acceptors (Lipinski definition) is 3. The summed E-state index contributed by atoms with van der Waals surface area (Å²) >= 11 is 6.09. The molecule has 0 amide bonds. The maximum atomic E-state index is 14.0. The van der Waals surface area contributed by atoms with E-state index in [1.54, 1.807) is 12.1 Å². The van der Waals surface area contributed by atoms with E-state index in [0.29, 0.717) is 17.6 Å². The van der Waals surface area contributed by atoms with Crippen molar-refractivity contribution in [3.8, 4) is 6.07 Å². The summed E-state index contributed by atoms with van der Waals surface area (Å²) < 4.78 is 16.0. The smallest absolute Gasteiger partial charge is 0.253 e. The molecule has 2 heterocycles. The monoisotopic (exact) mass is 406 g/mol. The number of aromatic amines is 1. The first-order valence-electron chi connectivity index (χ1n) is 9.17. The van der Waals surface area contributed by atoms with Gasteiger partial charge in [0.2, 0.25) is 5.65 Å². The number of pyridine rings is 1. The van der Waals surface area contributed by atoms with Crippen molar-refractivity contribution in [2.45, 2.75) is 20.3 Å². The molecule has 5 nitrogen and oxygen atoms in total. The van der Waals surface area contributed by atoms with Gasteiger partial charge in [0.1, 0.15) is 28.5 Å². The number of anilines is 1. The van der Waals surface area contributed by atoms with Crippen LogP contribution in [0.3, 0.4) is 0 Å². The lowest BCUT2D eigenvalue weighted by atomic mass is 10.0. The molecule has 2 N–H and O–H groups in total. The molecule has 0 aliphatic rings. The molecule has 0 spiro atoms. The first-order valence-corrected chi connectivity index (χ1v) is 9.55. The average Bonchev–Trinajstić information content (AvgIpc) is 3.09. The summed E-state index contributed by atoms with van der Waals surface area (Å²) in [6, 6.07) is 14.6. The predicted octanol–water partition coefficient (Wildman–Crippen LogP) is 4.89. The summed E-state index contributed by atoms with van der Waals surface area (Å²) in [4.78, 5) is 3.32. The fraction of sp³-hybridized carbons (Fsp3) is 0.136.